The molecule has 1 nitrogen and oxygen atoms in total. The highest BCUT2D eigenvalue weighted by Crippen LogP contribution is 2.29. The number of carbonyl (C=O) groups is 1. The average molecular weight is 158 g/mol. The van der Waals surface area contributed by atoms with Gasteiger partial charge >= 0.3 is 0 Å². The SMILES string of the molecule is [B]C(=C)/C=C\C(=C)C1CC(=O)C1. The summed E-state index contributed by atoms with van der Waals surface area (Å²) in [5, 5.41) is 0. The topological polar surface area (TPSA) is 17.1 Å². The molecule has 1 fully saturated rings. The van der Waals surface area contributed by atoms with Crippen molar-refractivity contribution in [1.29, 1.82) is 0 Å². The van der Waals surface area contributed by atoms with Crippen molar-refractivity contribution in [1.82, 2.24) is 0 Å². The molecule has 0 N–H and O–H groups in total. The summed E-state index contributed by atoms with van der Waals surface area (Å²) in [5.74, 6) is 0.661. The molecule has 12 heavy (non-hydrogen) atoms. The Morgan fingerprint density at radius 1 is 1.42 bits per heavy atom. The second-order valence-corrected chi connectivity index (χ2v) is 3.13. The minimum atomic E-state index is 0.320. The third-order valence-corrected chi connectivity index (χ3v) is 1.98. The van der Waals surface area contributed by atoms with E-state index in [1.165, 1.54) is 0 Å². The predicted molar refractivity (Wildman–Crippen MR) is 50.9 cm³/mol. The quantitative estimate of drug-likeness (QED) is 0.451. The smallest absolute Gasteiger partial charge is 0.134 e. The Kier molecular flexibility index (Phi) is 2.69. The summed E-state index contributed by atoms with van der Waals surface area (Å²) < 4.78 is 0. The van der Waals surface area contributed by atoms with Crippen LogP contribution in [0.5, 0.6) is 0 Å². The first-order valence-electron chi connectivity index (χ1n) is 3.92. The molecule has 0 aromatic rings. The molecule has 0 saturated heterocycles. The molecule has 1 aliphatic rings. The lowest BCUT2D eigenvalue weighted by Gasteiger charge is -2.24. The van der Waals surface area contributed by atoms with Gasteiger partial charge in [0.1, 0.15) is 13.6 Å². The zero-order valence-corrected chi connectivity index (χ0v) is 7.05. The van der Waals surface area contributed by atoms with E-state index in [4.69, 9.17) is 7.85 Å². The van der Waals surface area contributed by atoms with E-state index in [1.807, 2.05) is 6.08 Å². The maximum Gasteiger partial charge on any atom is 0.134 e. The first-order valence-corrected chi connectivity index (χ1v) is 3.92. The molecule has 0 bridgehead atoms. The number of Topliss-reactive ketones (excluding diaryl/α,β-unsaturated/α-hetero) is 1. The molecule has 2 radical (unpaired) electrons. The van der Waals surface area contributed by atoms with E-state index < -0.39 is 0 Å². The van der Waals surface area contributed by atoms with E-state index >= 15 is 0 Å². The first kappa shape index (κ1) is 9.05. The number of rotatable bonds is 3. The first-order chi connectivity index (χ1) is 5.59. The molecule has 0 aromatic carbocycles. The molecule has 0 aliphatic heterocycles. The Morgan fingerprint density at radius 2 is 2.00 bits per heavy atom. The van der Waals surface area contributed by atoms with Gasteiger partial charge < -0.3 is 0 Å². The van der Waals surface area contributed by atoms with Crippen molar-refractivity contribution in [3.8, 4) is 0 Å². The van der Waals surface area contributed by atoms with Crippen LogP contribution in [0.4, 0.5) is 0 Å². The van der Waals surface area contributed by atoms with Crippen molar-refractivity contribution >= 4 is 13.6 Å². The Hall–Kier alpha value is -1.05. The molecule has 2 heteroatoms. The summed E-state index contributed by atoms with van der Waals surface area (Å²) in [6.45, 7) is 7.38. The van der Waals surface area contributed by atoms with Gasteiger partial charge in [-0.15, -0.1) is 12.1 Å². The predicted octanol–water partition coefficient (Wildman–Crippen LogP) is 1.76. The van der Waals surface area contributed by atoms with E-state index in [1.54, 1.807) is 6.08 Å². The van der Waals surface area contributed by atoms with Gasteiger partial charge in [-0.1, -0.05) is 24.3 Å². The second kappa shape index (κ2) is 3.57. The highest BCUT2D eigenvalue weighted by atomic mass is 16.1. The van der Waals surface area contributed by atoms with Crippen molar-refractivity contribution in [2.75, 3.05) is 0 Å². The molecule has 60 valence electrons. The molecule has 0 heterocycles. The molecule has 1 aliphatic carbocycles. The lowest BCUT2D eigenvalue weighted by Crippen LogP contribution is -2.23. The second-order valence-electron chi connectivity index (χ2n) is 3.13. The van der Waals surface area contributed by atoms with E-state index in [-0.39, 0.29) is 0 Å². The molecule has 0 spiro atoms. The van der Waals surface area contributed by atoms with Crippen LogP contribution in [0.15, 0.2) is 36.4 Å². The highest BCUT2D eigenvalue weighted by molar-refractivity contribution is 6.23. The Labute approximate surface area is 74.3 Å². The molecule has 0 unspecified atom stereocenters. The van der Waals surface area contributed by atoms with Gasteiger partial charge in [-0.25, -0.2) is 0 Å². The Morgan fingerprint density at radius 3 is 2.42 bits per heavy atom. The molecule has 0 atom stereocenters. The summed E-state index contributed by atoms with van der Waals surface area (Å²) in [4.78, 5) is 10.6. The van der Waals surface area contributed by atoms with Crippen LogP contribution >= 0.6 is 0 Å². The largest absolute Gasteiger partial charge is 0.300 e. The van der Waals surface area contributed by atoms with Crippen LogP contribution < -0.4 is 0 Å². The van der Waals surface area contributed by atoms with Gasteiger partial charge in [0.2, 0.25) is 0 Å². The van der Waals surface area contributed by atoms with Crippen molar-refractivity contribution in [3.63, 3.8) is 0 Å². The lowest BCUT2D eigenvalue weighted by atomic mass is 9.78. The fraction of sp³-hybridized carbons (Fsp3) is 0.300. The zero-order valence-electron chi connectivity index (χ0n) is 7.05. The van der Waals surface area contributed by atoms with Crippen LogP contribution in [0.3, 0.4) is 0 Å². The molecule has 1 saturated carbocycles. The molecule has 0 amide bonds. The van der Waals surface area contributed by atoms with Gasteiger partial charge in [0, 0.05) is 12.8 Å². The summed E-state index contributed by atoms with van der Waals surface area (Å²) >= 11 is 0. The summed E-state index contributed by atoms with van der Waals surface area (Å²) in [6.07, 6.45) is 4.82. The molecular formula is C10H11BO. The van der Waals surface area contributed by atoms with Crippen molar-refractivity contribution in [2.24, 2.45) is 5.92 Å². The fourth-order valence-electron chi connectivity index (χ4n) is 1.10. The number of carbonyl (C=O) groups excluding carboxylic acids is 1. The average Bonchev–Trinajstić information content (AvgIpc) is 1.94. The van der Waals surface area contributed by atoms with Crippen LogP contribution in [0.25, 0.3) is 0 Å². The number of hydrogen-bond donors (Lipinski definition) is 0. The van der Waals surface area contributed by atoms with Crippen LogP contribution in [0.2, 0.25) is 0 Å². The van der Waals surface area contributed by atoms with Gasteiger partial charge in [-0.3, -0.25) is 4.79 Å². The molecule has 0 aromatic heterocycles. The van der Waals surface area contributed by atoms with Crippen molar-refractivity contribution < 1.29 is 4.79 Å². The third-order valence-electron chi connectivity index (χ3n) is 1.98. The number of ketones is 1. The summed E-state index contributed by atoms with van der Waals surface area (Å²) in [5.41, 5.74) is 1.49. The Bertz CT molecular complexity index is 255. The van der Waals surface area contributed by atoms with E-state index in [0.717, 1.165) is 5.57 Å². The van der Waals surface area contributed by atoms with Gasteiger partial charge in [0.25, 0.3) is 0 Å². The molecular weight excluding hydrogens is 147 g/mol. The maximum absolute atomic E-state index is 10.6. The van der Waals surface area contributed by atoms with E-state index in [9.17, 15) is 4.79 Å². The summed E-state index contributed by atoms with van der Waals surface area (Å²) in [6, 6.07) is 0. The lowest BCUT2D eigenvalue weighted by molar-refractivity contribution is -0.125. The standard InChI is InChI=1S/C10H11BO/c1-7(3-4-8(2)11)9-5-10(12)6-9/h3-4,9H,1-2,5-6H2/b4-3-. The Balaban J connectivity index is 2.39. The minimum Gasteiger partial charge on any atom is -0.300 e. The molecule has 1 rings (SSSR count). The fourth-order valence-corrected chi connectivity index (χ4v) is 1.10. The minimum absolute atomic E-state index is 0.320. The van der Waals surface area contributed by atoms with Crippen LogP contribution in [0.1, 0.15) is 12.8 Å². The summed E-state index contributed by atoms with van der Waals surface area (Å²) in [7, 11) is 5.34. The van der Waals surface area contributed by atoms with Gasteiger partial charge in [-0.2, -0.15) is 0 Å². The van der Waals surface area contributed by atoms with Crippen molar-refractivity contribution in [3.05, 3.63) is 36.4 Å². The monoisotopic (exact) mass is 158 g/mol. The van der Waals surface area contributed by atoms with Crippen LogP contribution in [-0.2, 0) is 4.79 Å². The maximum atomic E-state index is 10.6. The van der Waals surface area contributed by atoms with Crippen molar-refractivity contribution in [2.45, 2.75) is 12.8 Å². The van der Waals surface area contributed by atoms with E-state index in [0.29, 0.717) is 30.0 Å². The third kappa shape index (κ3) is 2.23. The van der Waals surface area contributed by atoms with Crippen LogP contribution in [-0.4, -0.2) is 13.6 Å². The van der Waals surface area contributed by atoms with E-state index in [2.05, 4.69) is 13.2 Å². The van der Waals surface area contributed by atoms with Gasteiger partial charge in [0.05, 0.1) is 0 Å². The number of hydrogen-bond acceptors (Lipinski definition) is 1. The number of allylic oxidation sites excluding steroid dienone is 4. The van der Waals surface area contributed by atoms with Gasteiger partial charge in [0.15, 0.2) is 0 Å². The van der Waals surface area contributed by atoms with Crippen LogP contribution in [0, 0.1) is 5.92 Å². The zero-order chi connectivity index (χ0) is 9.14. The normalized spacial score (nSPS) is 17.8. The highest BCUT2D eigenvalue weighted by Gasteiger charge is 2.27. The van der Waals surface area contributed by atoms with Gasteiger partial charge in [-0.05, 0) is 5.92 Å².